The fourth-order valence-electron chi connectivity index (χ4n) is 3.32. The summed E-state index contributed by atoms with van der Waals surface area (Å²) in [5.41, 5.74) is 3.11. The molecule has 0 aliphatic carbocycles. The Morgan fingerprint density at radius 2 is 1.59 bits per heavy atom. The molecule has 1 N–H and O–H groups in total. The van der Waals surface area contributed by atoms with Gasteiger partial charge in [-0.15, -0.1) is 0 Å². The number of rotatable bonds is 7. The zero-order valence-corrected chi connectivity index (χ0v) is 15.9. The second-order valence-electron chi connectivity index (χ2n) is 6.95. The Hall–Kier alpha value is -2.66. The first-order valence-electron chi connectivity index (χ1n) is 9.51. The summed E-state index contributed by atoms with van der Waals surface area (Å²) >= 11 is 0. The van der Waals surface area contributed by atoms with Crippen LogP contribution in [0.2, 0.25) is 0 Å². The van der Waals surface area contributed by atoms with E-state index in [9.17, 15) is 9.59 Å². The van der Waals surface area contributed by atoms with Crippen LogP contribution in [-0.4, -0.2) is 55.9 Å². The molecule has 0 atom stereocenters. The molecular formula is C22H27N3O2. The lowest BCUT2D eigenvalue weighted by Gasteiger charge is -2.35. The summed E-state index contributed by atoms with van der Waals surface area (Å²) in [5.74, 6) is 0.176. The van der Waals surface area contributed by atoms with Crippen molar-refractivity contribution in [2.24, 2.45) is 0 Å². The van der Waals surface area contributed by atoms with Crippen LogP contribution in [0.25, 0.3) is 0 Å². The number of benzene rings is 2. The average molecular weight is 365 g/mol. The number of hydrogen-bond acceptors (Lipinski definition) is 4. The molecule has 27 heavy (non-hydrogen) atoms. The lowest BCUT2D eigenvalue weighted by atomic mass is 10.1. The van der Waals surface area contributed by atoms with Crippen molar-refractivity contribution >= 4 is 17.4 Å². The van der Waals surface area contributed by atoms with E-state index in [1.807, 2.05) is 42.5 Å². The maximum atomic E-state index is 12.2. The molecule has 0 bridgehead atoms. The summed E-state index contributed by atoms with van der Waals surface area (Å²) in [6.07, 6.45) is 0.858. The normalized spacial score (nSPS) is 14.8. The molecule has 1 aliphatic heterocycles. The highest BCUT2D eigenvalue weighted by Gasteiger charge is 2.19. The summed E-state index contributed by atoms with van der Waals surface area (Å²) in [7, 11) is 0. The highest BCUT2D eigenvalue weighted by atomic mass is 16.2. The van der Waals surface area contributed by atoms with Gasteiger partial charge in [0.1, 0.15) is 0 Å². The molecule has 0 unspecified atom stereocenters. The largest absolute Gasteiger partial charge is 0.369 e. The van der Waals surface area contributed by atoms with Crippen LogP contribution >= 0.6 is 0 Å². The molecule has 1 aliphatic rings. The van der Waals surface area contributed by atoms with Gasteiger partial charge in [-0.3, -0.25) is 14.5 Å². The maximum Gasteiger partial charge on any atom is 0.234 e. The number of ketones is 1. The molecule has 0 spiro atoms. The molecular weight excluding hydrogens is 338 g/mol. The predicted octanol–water partition coefficient (Wildman–Crippen LogP) is 2.37. The van der Waals surface area contributed by atoms with Gasteiger partial charge in [-0.1, -0.05) is 30.3 Å². The van der Waals surface area contributed by atoms with Crippen LogP contribution in [0.1, 0.15) is 22.8 Å². The van der Waals surface area contributed by atoms with Crippen molar-refractivity contribution in [3.63, 3.8) is 0 Å². The first-order chi connectivity index (χ1) is 13.1. The van der Waals surface area contributed by atoms with Gasteiger partial charge in [0.25, 0.3) is 0 Å². The molecule has 1 amide bonds. The second-order valence-corrected chi connectivity index (χ2v) is 6.95. The Balaban J connectivity index is 1.38. The Morgan fingerprint density at radius 3 is 2.22 bits per heavy atom. The van der Waals surface area contributed by atoms with E-state index in [0.29, 0.717) is 13.1 Å². The lowest BCUT2D eigenvalue weighted by Crippen LogP contribution is -2.49. The average Bonchev–Trinajstić information content (AvgIpc) is 2.69. The molecule has 1 heterocycles. The third-order valence-electron chi connectivity index (χ3n) is 4.96. The Bertz CT molecular complexity index is 751. The summed E-state index contributed by atoms with van der Waals surface area (Å²) in [6.45, 7) is 6.20. The number of anilines is 1. The van der Waals surface area contributed by atoms with E-state index in [4.69, 9.17) is 0 Å². The minimum absolute atomic E-state index is 0.0876. The van der Waals surface area contributed by atoms with Gasteiger partial charge in [0.15, 0.2) is 5.78 Å². The highest BCUT2D eigenvalue weighted by Crippen LogP contribution is 2.17. The first-order valence-corrected chi connectivity index (χ1v) is 9.51. The monoisotopic (exact) mass is 365 g/mol. The fourth-order valence-corrected chi connectivity index (χ4v) is 3.32. The van der Waals surface area contributed by atoms with Gasteiger partial charge in [0.2, 0.25) is 5.91 Å². The topological polar surface area (TPSA) is 52.7 Å². The number of nitrogens with one attached hydrogen (secondary N) is 1. The molecule has 0 saturated carbocycles. The van der Waals surface area contributed by atoms with Gasteiger partial charge in [-0.2, -0.15) is 0 Å². The minimum Gasteiger partial charge on any atom is -0.369 e. The van der Waals surface area contributed by atoms with E-state index in [2.05, 4.69) is 27.2 Å². The van der Waals surface area contributed by atoms with Crippen molar-refractivity contribution in [2.45, 2.75) is 13.3 Å². The van der Waals surface area contributed by atoms with Gasteiger partial charge >= 0.3 is 0 Å². The van der Waals surface area contributed by atoms with Crippen molar-refractivity contribution in [3.05, 3.63) is 65.7 Å². The van der Waals surface area contributed by atoms with Crippen LogP contribution in [0.4, 0.5) is 5.69 Å². The molecule has 0 aromatic heterocycles. The molecule has 2 aromatic rings. The van der Waals surface area contributed by atoms with E-state index in [-0.39, 0.29) is 11.7 Å². The van der Waals surface area contributed by atoms with E-state index >= 15 is 0 Å². The van der Waals surface area contributed by atoms with E-state index in [0.717, 1.165) is 43.9 Å². The van der Waals surface area contributed by atoms with Gasteiger partial charge in [0, 0.05) is 44.0 Å². The number of amides is 1. The number of Topliss-reactive ketones (excluding diaryl/α,β-unsaturated/α-hetero) is 1. The molecule has 5 heteroatoms. The van der Waals surface area contributed by atoms with Crippen LogP contribution in [-0.2, 0) is 11.2 Å². The van der Waals surface area contributed by atoms with Crippen molar-refractivity contribution < 1.29 is 9.59 Å². The van der Waals surface area contributed by atoms with Crippen LogP contribution in [0.15, 0.2) is 54.6 Å². The quantitative estimate of drug-likeness (QED) is 0.766. The standard InChI is InChI=1S/C22H27N3O2/c1-18(26)20-7-9-21(10-8-20)25-15-13-24(14-16-25)17-22(27)23-12-11-19-5-3-2-4-6-19/h2-10H,11-17H2,1H3,(H,23,27). The second kappa shape index (κ2) is 9.33. The van der Waals surface area contributed by atoms with Gasteiger partial charge in [0.05, 0.1) is 6.54 Å². The van der Waals surface area contributed by atoms with Crippen LogP contribution in [0.3, 0.4) is 0 Å². The van der Waals surface area contributed by atoms with Crippen molar-refractivity contribution in [3.8, 4) is 0 Å². The van der Waals surface area contributed by atoms with Gasteiger partial charge in [-0.05, 0) is 43.2 Å². The Labute approximate surface area is 161 Å². The van der Waals surface area contributed by atoms with Crippen LogP contribution in [0, 0.1) is 0 Å². The summed E-state index contributed by atoms with van der Waals surface area (Å²) in [5, 5.41) is 3.01. The molecule has 1 saturated heterocycles. The SMILES string of the molecule is CC(=O)c1ccc(N2CCN(CC(=O)NCCc3ccccc3)CC2)cc1. The van der Waals surface area contributed by atoms with E-state index in [1.54, 1.807) is 6.92 Å². The first kappa shape index (κ1) is 19.1. The molecule has 3 rings (SSSR count). The number of carbonyl (C=O) groups excluding carboxylic acids is 2. The number of carbonyl (C=O) groups is 2. The van der Waals surface area contributed by atoms with E-state index in [1.165, 1.54) is 5.56 Å². The fraction of sp³-hybridized carbons (Fsp3) is 0.364. The molecule has 0 radical (unpaired) electrons. The van der Waals surface area contributed by atoms with Gasteiger partial charge in [-0.25, -0.2) is 0 Å². The van der Waals surface area contributed by atoms with Gasteiger partial charge < -0.3 is 10.2 Å². The molecule has 1 fully saturated rings. The summed E-state index contributed by atoms with van der Waals surface area (Å²) in [4.78, 5) is 28.0. The summed E-state index contributed by atoms with van der Waals surface area (Å²) < 4.78 is 0. The number of piperazine rings is 1. The van der Waals surface area contributed by atoms with Crippen LogP contribution in [0.5, 0.6) is 0 Å². The van der Waals surface area contributed by atoms with Crippen LogP contribution < -0.4 is 10.2 Å². The van der Waals surface area contributed by atoms with Crippen molar-refractivity contribution in [2.75, 3.05) is 44.2 Å². The van der Waals surface area contributed by atoms with E-state index < -0.39 is 0 Å². The third kappa shape index (κ3) is 5.66. The molecule has 5 nitrogen and oxygen atoms in total. The number of nitrogens with zero attached hydrogens (tertiary/aromatic N) is 2. The lowest BCUT2D eigenvalue weighted by molar-refractivity contribution is -0.122. The number of hydrogen-bond donors (Lipinski definition) is 1. The smallest absolute Gasteiger partial charge is 0.234 e. The predicted molar refractivity (Wildman–Crippen MR) is 108 cm³/mol. The maximum absolute atomic E-state index is 12.2. The highest BCUT2D eigenvalue weighted by molar-refractivity contribution is 5.94. The zero-order valence-electron chi connectivity index (χ0n) is 15.9. The van der Waals surface area contributed by atoms with Crippen molar-refractivity contribution in [1.82, 2.24) is 10.2 Å². The molecule has 142 valence electrons. The third-order valence-corrected chi connectivity index (χ3v) is 4.96. The molecule has 2 aromatic carbocycles. The Kier molecular flexibility index (Phi) is 6.60. The van der Waals surface area contributed by atoms with Crippen molar-refractivity contribution in [1.29, 1.82) is 0 Å². The zero-order chi connectivity index (χ0) is 19.1. The summed E-state index contributed by atoms with van der Waals surface area (Å²) in [6, 6.07) is 18.0. The Morgan fingerprint density at radius 1 is 0.926 bits per heavy atom. The minimum atomic E-state index is 0.0876.